The van der Waals surface area contributed by atoms with Crippen molar-refractivity contribution in [2.45, 2.75) is 29.1 Å². The van der Waals surface area contributed by atoms with Crippen molar-refractivity contribution in [3.8, 4) is 0 Å². The van der Waals surface area contributed by atoms with Crippen molar-refractivity contribution in [1.82, 2.24) is 0 Å². The lowest BCUT2D eigenvalue weighted by atomic mass is 9.88. The third kappa shape index (κ3) is 1.28. The molecule has 22 heavy (non-hydrogen) atoms. The van der Waals surface area contributed by atoms with Crippen LogP contribution in [0.3, 0.4) is 0 Å². The molecule has 5 saturated heterocycles. The molecule has 0 aliphatic carbocycles. The Morgan fingerprint density at radius 1 is 0.682 bits per heavy atom. The maximum atomic E-state index is 12.0. The van der Waals surface area contributed by atoms with Crippen LogP contribution in [-0.2, 0) is 36.3 Å². The summed E-state index contributed by atoms with van der Waals surface area (Å²) in [4.78, 5) is 0. The second-order valence-electron chi connectivity index (χ2n) is 4.90. The molecule has 5 aliphatic heterocycles. The summed E-state index contributed by atoms with van der Waals surface area (Å²) in [5.41, 5.74) is 0. The highest BCUT2D eigenvalue weighted by Crippen LogP contribution is 2.83. The zero-order valence-corrected chi connectivity index (χ0v) is 11.8. The molecule has 0 aromatic rings. The van der Waals surface area contributed by atoms with Gasteiger partial charge in [0.2, 0.25) is 0 Å². The highest BCUT2D eigenvalue weighted by molar-refractivity contribution is 7.50. The van der Waals surface area contributed by atoms with E-state index in [2.05, 4.69) is 27.1 Å². The van der Waals surface area contributed by atoms with Crippen molar-refractivity contribution in [1.29, 1.82) is 0 Å². The third-order valence-corrected chi connectivity index (χ3v) is 6.49. The first-order valence-electron chi connectivity index (χ1n) is 5.47. The van der Waals surface area contributed by atoms with Gasteiger partial charge in [0.15, 0.2) is 0 Å². The van der Waals surface area contributed by atoms with Crippen molar-refractivity contribution in [2.24, 2.45) is 0 Å². The average Bonchev–Trinajstić information content (AvgIpc) is 2.83. The van der Waals surface area contributed by atoms with E-state index in [4.69, 9.17) is 5.11 Å². The molecule has 5 aliphatic rings. The van der Waals surface area contributed by atoms with Crippen LogP contribution in [0.15, 0.2) is 0 Å². The second-order valence-corrected chi connectivity index (χ2v) is 7.78. The fourth-order valence-corrected chi connectivity index (χ4v) is 5.81. The minimum atomic E-state index is -4.92. The summed E-state index contributed by atoms with van der Waals surface area (Å²) < 4.78 is 49.3. The van der Waals surface area contributed by atoms with Gasteiger partial charge >= 0.3 is 33.2 Å². The lowest BCUT2D eigenvalue weighted by molar-refractivity contribution is -0.509. The minimum Gasteiger partial charge on any atom is -0.391 e. The number of aliphatic hydroxyl groups excluding tert-OH is 1. The maximum absolute atomic E-state index is 12.0. The van der Waals surface area contributed by atoms with E-state index >= 15 is 0 Å². The van der Waals surface area contributed by atoms with Crippen molar-refractivity contribution in [2.75, 3.05) is 6.61 Å². The number of hydrogen-bond donors (Lipinski definition) is 6. The Labute approximate surface area is 119 Å². The van der Waals surface area contributed by atoms with Gasteiger partial charge < -0.3 is 30.6 Å². The zero-order valence-electron chi connectivity index (χ0n) is 10.1. The first-order valence-corrected chi connectivity index (χ1v) is 8.39. The quantitative estimate of drug-likeness (QED) is 0.265. The van der Waals surface area contributed by atoms with Crippen LogP contribution in [0.1, 0.15) is 0 Å². The first-order chi connectivity index (χ1) is 9.80. The van der Waals surface area contributed by atoms with Crippen molar-refractivity contribution >= 4 is 15.6 Å². The van der Waals surface area contributed by atoms with Crippen LogP contribution in [-0.4, -0.2) is 66.4 Å². The van der Waals surface area contributed by atoms with Crippen LogP contribution in [0.25, 0.3) is 0 Å². The summed E-state index contributed by atoms with van der Waals surface area (Å²) >= 11 is 0. The van der Waals surface area contributed by atoms with E-state index < -0.39 is 51.4 Å². The molecule has 5 heterocycles. The molecule has 4 bridgehead atoms. The molecule has 5 fully saturated rings. The normalized spacial score (nSPS) is 69.2. The molecule has 0 saturated carbocycles. The van der Waals surface area contributed by atoms with Crippen LogP contribution < -0.4 is 0 Å². The van der Waals surface area contributed by atoms with Gasteiger partial charge in [0, 0.05) is 0 Å². The summed E-state index contributed by atoms with van der Waals surface area (Å²) in [5.74, 6) is -17.7. The van der Waals surface area contributed by atoms with E-state index in [1.54, 1.807) is 0 Å². The Balaban J connectivity index is 1.89. The molecule has 5 rings (SSSR count). The number of hydrogen-bond acceptors (Lipinski definition) is 14. The molecule has 14 nitrogen and oxygen atoms in total. The monoisotopic (exact) mass is 366 g/mol. The lowest BCUT2D eigenvalue weighted by Crippen LogP contribution is -2.80. The largest absolute Gasteiger partial charge is 0.486 e. The van der Waals surface area contributed by atoms with E-state index in [0.29, 0.717) is 0 Å². The van der Waals surface area contributed by atoms with Gasteiger partial charge in [0.05, 0.1) is 0 Å². The Hall–Kier alpha value is -0.0200. The Morgan fingerprint density at radius 2 is 1.14 bits per heavy atom. The maximum Gasteiger partial charge on any atom is 0.486 e. The number of aliphatic hydroxyl groups is 6. The Morgan fingerprint density at radius 3 is 1.55 bits per heavy atom. The summed E-state index contributed by atoms with van der Waals surface area (Å²) in [6, 6.07) is 0. The molecular formula is C6H8O14P2. The molecule has 0 aromatic carbocycles. The lowest BCUT2D eigenvalue weighted by Gasteiger charge is -2.47. The van der Waals surface area contributed by atoms with Gasteiger partial charge in [0.25, 0.3) is 11.6 Å². The molecular weight excluding hydrogens is 358 g/mol. The van der Waals surface area contributed by atoms with Crippen LogP contribution in [0.4, 0.5) is 0 Å². The minimum absolute atomic E-state index is 1.49. The summed E-state index contributed by atoms with van der Waals surface area (Å²) in [7, 11) is -9.41. The topological polar surface area (TPSA) is 211 Å². The first kappa shape index (κ1) is 15.5. The van der Waals surface area contributed by atoms with Gasteiger partial charge in [-0.15, -0.1) is 0 Å². The van der Waals surface area contributed by atoms with Crippen LogP contribution >= 0.6 is 15.6 Å². The Kier molecular flexibility index (Phi) is 2.46. The second kappa shape index (κ2) is 3.49. The fraction of sp³-hybridized carbons (Fsp3) is 1.00. The van der Waals surface area contributed by atoms with E-state index in [-0.39, 0.29) is 0 Å². The van der Waals surface area contributed by atoms with Gasteiger partial charge in [-0.1, -0.05) is 0 Å². The zero-order chi connectivity index (χ0) is 16.4. The Bertz CT molecular complexity index is 668. The van der Waals surface area contributed by atoms with Crippen LogP contribution in [0, 0.1) is 0 Å². The average molecular weight is 366 g/mol. The molecule has 1 unspecified atom stereocenters. The van der Waals surface area contributed by atoms with E-state index in [1.165, 1.54) is 0 Å². The SMILES string of the molecule is O=P12OC(O)(O1)[C@@](O)([C@]1(O)OP3(=O)O[C@]1(O)[C@](O)(CO)O3)O2. The van der Waals surface area contributed by atoms with Crippen molar-refractivity contribution in [3.63, 3.8) is 0 Å². The highest BCUT2D eigenvalue weighted by atomic mass is 31.2. The van der Waals surface area contributed by atoms with Crippen molar-refractivity contribution in [3.05, 3.63) is 0 Å². The van der Waals surface area contributed by atoms with Gasteiger partial charge in [-0.2, -0.15) is 0 Å². The van der Waals surface area contributed by atoms with Gasteiger partial charge in [-0.3, -0.25) is 0 Å². The number of fused-ring (bicyclic) bond motifs is 3. The van der Waals surface area contributed by atoms with Gasteiger partial charge in [0.1, 0.15) is 6.61 Å². The molecule has 0 spiro atoms. The van der Waals surface area contributed by atoms with Gasteiger partial charge in [-0.25, -0.2) is 36.3 Å². The predicted octanol–water partition coefficient (Wildman–Crippen LogP) is -3.25. The van der Waals surface area contributed by atoms with Crippen LogP contribution in [0.2, 0.25) is 0 Å². The molecule has 16 heteroatoms. The smallest absolute Gasteiger partial charge is 0.391 e. The fourth-order valence-electron chi connectivity index (χ4n) is 2.48. The van der Waals surface area contributed by atoms with Crippen molar-refractivity contribution < 1.29 is 66.9 Å². The summed E-state index contributed by atoms with van der Waals surface area (Å²) in [6.07, 6.45) is 0. The number of phosphoric ester groups is 2. The molecule has 6 N–H and O–H groups in total. The predicted molar refractivity (Wildman–Crippen MR) is 53.6 cm³/mol. The number of phosphoric acid groups is 2. The molecule has 0 radical (unpaired) electrons. The summed E-state index contributed by atoms with van der Waals surface area (Å²) in [5, 5.41) is 59.6. The highest BCUT2D eigenvalue weighted by Gasteiger charge is 2.97. The van der Waals surface area contributed by atoms with E-state index in [0.717, 1.165) is 0 Å². The molecule has 5 atom stereocenters. The van der Waals surface area contributed by atoms with Crippen LogP contribution in [0.5, 0.6) is 0 Å². The molecule has 126 valence electrons. The number of rotatable bonds is 2. The van der Waals surface area contributed by atoms with E-state index in [9.17, 15) is 34.7 Å². The third-order valence-electron chi connectivity index (χ3n) is 3.56. The summed E-state index contributed by atoms with van der Waals surface area (Å²) in [6.45, 7) is -1.49. The standard InChI is InChI=1S/C6H8O14P2/c7-1-2(8)3(9)4(10,17-21(13,15-2)16-3)5(11)6(12)19-22(14,18-5)20-6/h7-12H,1H2/t2-,3+,4+,5+,6?,21?,22?/m0/s1. The molecule has 0 amide bonds. The van der Waals surface area contributed by atoms with Gasteiger partial charge in [-0.05, 0) is 0 Å². The van der Waals surface area contributed by atoms with E-state index in [1.807, 2.05) is 0 Å². The molecule has 0 aromatic heterocycles.